The molecule has 1 heterocycles. The number of ether oxygens (including phenoxy) is 1. The molecule has 3 nitrogen and oxygen atoms in total. The molecular weight excluding hydrogens is 238 g/mol. The summed E-state index contributed by atoms with van der Waals surface area (Å²) in [5.41, 5.74) is 0.769. The number of benzene rings is 2. The van der Waals surface area contributed by atoms with E-state index < -0.39 is 0 Å². The Balaban J connectivity index is 1.96. The number of hydrogen-bond donors (Lipinski definition) is 1. The quantitative estimate of drug-likeness (QED) is 0.774. The molecule has 1 N–H and O–H groups in total. The lowest BCUT2D eigenvalue weighted by atomic mass is 10.1. The molecule has 0 radical (unpaired) electrons. The van der Waals surface area contributed by atoms with Gasteiger partial charge in [0.05, 0.1) is 6.61 Å². The van der Waals surface area contributed by atoms with Crippen LogP contribution in [0.1, 0.15) is 5.56 Å². The van der Waals surface area contributed by atoms with Gasteiger partial charge < -0.3 is 9.84 Å². The van der Waals surface area contributed by atoms with E-state index in [-0.39, 0.29) is 6.61 Å². The van der Waals surface area contributed by atoms with Crippen molar-refractivity contribution in [1.82, 2.24) is 4.98 Å². The number of pyridine rings is 1. The van der Waals surface area contributed by atoms with Gasteiger partial charge in [0.1, 0.15) is 5.75 Å². The summed E-state index contributed by atoms with van der Waals surface area (Å²) in [6.45, 7) is -0.0124. The van der Waals surface area contributed by atoms with Crippen LogP contribution < -0.4 is 4.74 Å². The standard InChI is InChI=1S/C16H13NO2/c18-11-12-8-9-16(17-10-12)19-15-7-3-5-13-4-1-2-6-14(13)15/h1-10,18H,11H2. The second-order valence-electron chi connectivity index (χ2n) is 4.24. The first-order valence-corrected chi connectivity index (χ1v) is 6.08. The molecule has 0 amide bonds. The Morgan fingerprint density at radius 3 is 2.58 bits per heavy atom. The molecule has 0 saturated heterocycles. The molecule has 0 aliphatic rings. The van der Waals surface area contributed by atoms with Gasteiger partial charge in [0.15, 0.2) is 0 Å². The molecule has 94 valence electrons. The van der Waals surface area contributed by atoms with E-state index in [1.54, 1.807) is 18.3 Å². The summed E-state index contributed by atoms with van der Waals surface area (Å²) in [5, 5.41) is 11.2. The Bertz CT molecular complexity index is 687. The predicted octanol–water partition coefficient (Wildman–Crippen LogP) is 3.52. The fourth-order valence-corrected chi connectivity index (χ4v) is 1.96. The number of rotatable bonds is 3. The smallest absolute Gasteiger partial charge is 0.219 e. The third-order valence-electron chi connectivity index (χ3n) is 2.94. The van der Waals surface area contributed by atoms with Crippen LogP contribution in [0.5, 0.6) is 11.6 Å². The Morgan fingerprint density at radius 1 is 0.947 bits per heavy atom. The molecular formula is C16H13NO2. The van der Waals surface area contributed by atoms with Crippen LogP contribution in [0.25, 0.3) is 10.8 Å². The maximum atomic E-state index is 8.98. The number of hydrogen-bond acceptors (Lipinski definition) is 3. The lowest BCUT2D eigenvalue weighted by molar-refractivity contribution is 0.281. The van der Waals surface area contributed by atoms with E-state index in [2.05, 4.69) is 4.98 Å². The normalized spacial score (nSPS) is 10.6. The summed E-state index contributed by atoms with van der Waals surface area (Å²) in [7, 11) is 0. The van der Waals surface area contributed by atoms with Gasteiger partial charge in [-0.15, -0.1) is 0 Å². The maximum absolute atomic E-state index is 8.98. The van der Waals surface area contributed by atoms with Gasteiger partial charge in [0.25, 0.3) is 0 Å². The fourth-order valence-electron chi connectivity index (χ4n) is 1.96. The van der Waals surface area contributed by atoms with E-state index in [1.165, 1.54) is 0 Å². The van der Waals surface area contributed by atoms with E-state index in [0.29, 0.717) is 5.88 Å². The van der Waals surface area contributed by atoms with Crippen LogP contribution in [-0.2, 0) is 6.61 Å². The Morgan fingerprint density at radius 2 is 1.79 bits per heavy atom. The molecule has 0 fully saturated rings. The summed E-state index contributed by atoms with van der Waals surface area (Å²) >= 11 is 0. The van der Waals surface area contributed by atoms with Gasteiger partial charge in [0.2, 0.25) is 5.88 Å². The summed E-state index contributed by atoms with van der Waals surface area (Å²) in [5.74, 6) is 1.30. The monoisotopic (exact) mass is 251 g/mol. The summed E-state index contributed by atoms with van der Waals surface area (Å²) in [6, 6.07) is 17.5. The van der Waals surface area contributed by atoms with E-state index in [9.17, 15) is 0 Å². The van der Waals surface area contributed by atoms with Crippen molar-refractivity contribution in [2.75, 3.05) is 0 Å². The third-order valence-corrected chi connectivity index (χ3v) is 2.94. The van der Waals surface area contributed by atoms with Crippen LogP contribution >= 0.6 is 0 Å². The van der Waals surface area contributed by atoms with Crippen molar-refractivity contribution in [2.24, 2.45) is 0 Å². The van der Waals surface area contributed by atoms with Gasteiger partial charge in [-0.2, -0.15) is 0 Å². The highest BCUT2D eigenvalue weighted by atomic mass is 16.5. The average Bonchev–Trinajstić information content (AvgIpc) is 2.48. The molecule has 1 aromatic heterocycles. The van der Waals surface area contributed by atoms with Crippen LogP contribution in [0.2, 0.25) is 0 Å². The zero-order valence-corrected chi connectivity index (χ0v) is 10.3. The first-order valence-electron chi connectivity index (χ1n) is 6.08. The molecule has 0 saturated carbocycles. The number of aromatic nitrogens is 1. The largest absolute Gasteiger partial charge is 0.438 e. The minimum atomic E-state index is -0.0124. The molecule has 19 heavy (non-hydrogen) atoms. The van der Waals surface area contributed by atoms with Gasteiger partial charge in [-0.05, 0) is 23.1 Å². The molecule has 0 bridgehead atoms. The summed E-state index contributed by atoms with van der Waals surface area (Å²) in [4.78, 5) is 4.17. The third kappa shape index (κ3) is 2.41. The van der Waals surface area contributed by atoms with Gasteiger partial charge in [0, 0.05) is 17.6 Å². The predicted molar refractivity (Wildman–Crippen MR) is 74.2 cm³/mol. The molecule has 0 aliphatic carbocycles. The first-order chi connectivity index (χ1) is 9.36. The van der Waals surface area contributed by atoms with Crippen LogP contribution in [0, 0.1) is 0 Å². The highest BCUT2D eigenvalue weighted by Crippen LogP contribution is 2.28. The van der Waals surface area contributed by atoms with Crippen molar-refractivity contribution in [3.05, 3.63) is 66.4 Å². The van der Waals surface area contributed by atoms with Crippen LogP contribution in [-0.4, -0.2) is 10.1 Å². The molecule has 2 aromatic carbocycles. The zero-order chi connectivity index (χ0) is 13.1. The van der Waals surface area contributed by atoms with Gasteiger partial charge >= 0.3 is 0 Å². The Hall–Kier alpha value is -2.39. The van der Waals surface area contributed by atoms with Gasteiger partial charge in [-0.3, -0.25) is 0 Å². The maximum Gasteiger partial charge on any atom is 0.219 e. The van der Waals surface area contributed by atoms with E-state index in [0.717, 1.165) is 22.1 Å². The summed E-state index contributed by atoms with van der Waals surface area (Å²) in [6.07, 6.45) is 1.61. The van der Waals surface area contributed by atoms with Crippen molar-refractivity contribution in [2.45, 2.75) is 6.61 Å². The van der Waals surface area contributed by atoms with Crippen LogP contribution in [0.15, 0.2) is 60.8 Å². The van der Waals surface area contributed by atoms with Crippen LogP contribution in [0.4, 0.5) is 0 Å². The molecule has 0 unspecified atom stereocenters. The molecule has 0 atom stereocenters. The second kappa shape index (κ2) is 5.08. The van der Waals surface area contributed by atoms with Crippen LogP contribution in [0.3, 0.4) is 0 Å². The minimum absolute atomic E-state index is 0.0124. The SMILES string of the molecule is OCc1ccc(Oc2cccc3ccccc23)nc1. The van der Waals surface area contributed by atoms with E-state index in [1.807, 2.05) is 42.5 Å². The zero-order valence-electron chi connectivity index (χ0n) is 10.3. The minimum Gasteiger partial charge on any atom is -0.438 e. The molecule has 3 rings (SSSR count). The molecule has 0 spiro atoms. The van der Waals surface area contributed by atoms with Gasteiger partial charge in [-0.25, -0.2) is 4.98 Å². The lowest BCUT2D eigenvalue weighted by Gasteiger charge is -2.08. The fraction of sp³-hybridized carbons (Fsp3) is 0.0625. The Labute approximate surface area is 111 Å². The molecule has 3 aromatic rings. The Kier molecular flexibility index (Phi) is 3.12. The number of nitrogens with zero attached hydrogens (tertiary/aromatic N) is 1. The highest BCUT2D eigenvalue weighted by molar-refractivity contribution is 5.88. The highest BCUT2D eigenvalue weighted by Gasteiger charge is 2.03. The molecule has 3 heteroatoms. The van der Waals surface area contributed by atoms with Crippen molar-refractivity contribution in [3.8, 4) is 11.6 Å². The second-order valence-corrected chi connectivity index (χ2v) is 4.24. The van der Waals surface area contributed by atoms with E-state index >= 15 is 0 Å². The number of aliphatic hydroxyl groups is 1. The van der Waals surface area contributed by atoms with E-state index in [4.69, 9.17) is 9.84 Å². The summed E-state index contributed by atoms with van der Waals surface area (Å²) < 4.78 is 5.80. The number of aliphatic hydroxyl groups excluding tert-OH is 1. The van der Waals surface area contributed by atoms with Crippen molar-refractivity contribution in [3.63, 3.8) is 0 Å². The number of fused-ring (bicyclic) bond motifs is 1. The first kappa shape index (κ1) is 11.7. The molecule has 0 aliphatic heterocycles. The lowest BCUT2D eigenvalue weighted by Crippen LogP contribution is -1.90. The van der Waals surface area contributed by atoms with Crippen molar-refractivity contribution in [1.29, 1.82) is 0 Å². The topological polar surface area (TPSA) is 42.4 Å². The van der Waals surface area contributed by atoms with Crippen molar-refractivity contribution < 1.29 is 9.84 Å². The van der Waals surface area contributed by atoms with Gasteiger partial charge in [-0.1, -0.05) is 36.4 Å². The van der Waals surface area contributed by atoms with Crippen molar-refractivity contribution >= 4 is 10.8 Å². The average molecular weight is 251 g/mol.